The van der Waals surface area contributed by atoms with Gasteiger partial charge in [0.2, 0.25) is 0 Å². The van der Waals surface area contributed by atoms with Crippen LogP contribution in [0.3, 0.4) is 0 Å². The molecule has 0 radical (unpaired) electrons. The molecule has 10 nitrogen and oxygen atoms in total. The largest absolute Gasteiger partial charge is 0.481 e. The molecule has 0 aliphatic heterocycles. The third kappa shape index (κ3) is 51.4. The van der Waals surface area contributed by atoms with Gasteiger partial charge in [-0.05, 0) is 12.8 Å². The molecule has 0 spiro atoms. The van der Waals surface area contributed by atoms with Crippen LogP contribution >= 0.6 is 0 Å². The van der Waals surface area contributed by atoms with Crippen molar-refractivity contribution in [2.24, 2.45) is 0 Å². The summed E-state index contributed by atoms with van der Waals surface area (Å²) in [5, 5.41) is 64.6. The van der Waals surface area contributed by atoms with Crippen LogP contribution < -0.4 is 0 Å². The van der Waals surface area contributed by atoms with E-state index in [1.165, 1.54) is 38.5 Å². The fourth-order valence-electron chi connectivity index (χ4n) is 1.88. The molecule has 0 aromatic heterocycles. The SMILES string of the molecule is CCCCCCCC(=O)O.CCCCCCCC(=O)O.OCC(O)CO.OCC(O)CO. The van der Waals surface area contributed by atoms with Crippen molar-refractivity contribution in [1.82, 2.24) is 0 Å². The molecular formula is C22H48O10. The molecule has 0 saturated heterocycles. The van der Waals surface area contributed by atoms with Crippen molar-refractivity contribution >= 4 is 11.9 Å². The highest BCUT2D eigenvalue weighted by Crippen LogP contribution is 2.04. The Kier molecular flexibility index (Phi) is 40.7. The minimum atomic E-state index is -0.954. The summed E-state index contributed by atoms with van der Waals surface area (Å²) < 4.78 is 0. The first-order chi connectivity index (χ1) is 15.2. The van der Waals surface area contributed by atoms with Gasteiger partial charge in [-0.2, -0.15) is 0 Å². The highest BCUT2D eigenvalue weighted by Gasteiger charge is 1.96. The van der Waals surface area contributed by atoms with Gasteiger partial charge in [0.25, 0.3) is 0 Å². The normalized spacial score (nSPS) is 9.81. The van der Waals surface area contributed by atoms with Gasteiger partial charge in [0, 0.05) is 12.8 Å². The highest BCUT2D eigenvalue weighted by molar-refractivity contribution is 5.66. The number of aliphatic carboxylic acids is 2. The molecule has 10 heteroatoms. The first-order valence-electron chi connectivity index (χ1n) is 11.4. The summed E-state index contributed by atoms with van der Waals surface area (Å²) >= 11 is 0. The minimum Gasteiger partial charge on any atom is -0.481 e. The maximum atomic E-state index is 10.0. The van der Waals surface area contributed by atoms with Gasteiger partial charge in [-0.1, -0.05) is 65.2 Å². The molecule has 0 bridgehead atoms. The van der Waals surface area contributed by atoms with Gasteiger partial charge in [-0.3, -0.25) is 9.59 Å². The van der Waals surface area contributed by atoms with E-state index < -0.39 is 24.1 Å². The molecule has 8 N–H and O–H groups in total. The summed E-state index contributed by atoms with van der Waals surface area (Å²) in [5.74, 6) is -1.34. The number of hydrogen-bond acceptors (Lipinski definition) is 8. The average molecular weight is 473 g/mol. The number of carbonyl (C=O) groups is 2. The molecule has 0 rings (SSSR count). The Morgan fingerprint density at radius 1 is 0.531 bits per heavy atom. The third-order valence-electron chi connectivity index (χ3n) is 3.83. The van der Waals surface area contributed by atoms with Crippen LogP contribution in [0.25, 0.3) is 0 Å². The molecule has 0 aromatic rings. The second-order valence-corrected chi connectivity index (χ2v) is 7.15. The van der Waals surface area contributed by atoms with E-state index in [4.69, 9.17) is 40.9 Å². The number of aliphatic hydroxyl groups is 6. The topological polar surface area (TPSA) is 196 Å². The summed E-state index contributed by atoms with van der Waals surface area (Å²) in [6, 6.07) is 0. The summed E-state index contributed by atoms with van der Waals surface area (Å²) in [6.07, 6.45) is 9.86. The van der Waals surface area contributed by atoms with Gasteiger partial charge in [-0.25, -0.2) is 0 Å². The van der Waals surface area contributed by atoms with Crippen LogP contribution in [0.15, 0.2) is 0 Å². The van der Waals surface area contributed by atoms with Crippen molar-refractivity contribution in [3.63, 3.8) is 0 Å². The zero-order valence-corrected chi connectivity index (χ0v) is 19.9. The minimum absolute atomic E-state index is 0.337. The maximum Gasteiger partial charge on any atom is 0.303 e. The van der Waals surface area contributed by atoms with E-state index in [1.807, 2.05) is 0 Å². The van der Waals surface area contributed by atoms with Crippen molar-refractivity contribution in [3.8, 4) is 0 Å². The van der Waals surface area contributed by atoms with Crippen molar-refractivity contribution in [2.75, 3.05) is 26.4 Å². The molecule has 0 fully saturated rings. The van der Waals surface area contributed by atoms with E-state index in [1.54, 1.807) is 0 Å². The van der Waals surface area contributed by atoms with Crippen LogP contribution in [-0.4, -0.2) is 91.4 Å². The molecule has 0 unspecified atom stereocenters. The number of rotatable bonds is 16. The van der Waals surface area contributed by atoms with E-state index in [-0.39, 0.29) is 26.4 Å². The lowest BCUT2D eigenvalue weighted by Crippen LogP contribution is -2.15. The second-order valence-electron chi connectivity index (χ2n) is 7.15. The standard InChI is InChI=1S/2C8H16O2.2C3H8O3/c2*1-2-3-4-5-6-7-8(9)10;2*4-1-3(6)2-5/h2*2-7H2,1H3,(H,9,10);2*3-6H,1-2H2. The molecule has 0 atom stereocenters. The number of aliphatic hydroxyl groups excluding tert-OH is 6. The predicted octanol–water partition coefficient (Wildman–Crippen LogP) is 1.53. The van der Waals surface area contributed by atoms with Crippen LogP contribution in [0.5, 0.6) is 0 Å². The van der Waals surface area contributed by atoms with Gasteiger partial charge in [0.05, 0.1) is 26.4 Å². The first kappa shape index (κ1) is 38.0. The Balaban J connectivity index is -0.000000168. The second kappa shape index (κ2) is 34.3. The molecule has 0 saturated carbocycles. The summed E-state index contributed by atoms with van der Waals surface area (Å²) in [4.78, 5) is 20.1. The lowest BCUT2D eigenvalue weighted by Gasteiger charge is -1.96. The fraction of sp³-hybridized carbons (Fsp3) is 0.909. The monoisotopic (exact) mass is 472 g/mol. The Morgan fingerprint density at radius 3 is 0.938 bits per heavy atom. The quantitative estimate of drug-likeness (QED) is 0.152. The van der Waals surface area contributed by atoms with E-state index in [2.05, 4.69) is 13.8 Å². The van der Waals surface area contributed by atoms with Gasteiger partial charge in [0.1, 0.15) is 12.2 Å². The molecular weight excluding hydrogens is 424 g/mol. The van der Waals surface area contributed by atoms with Crippen LogP contribution in [0.4, 0.5) is 0 Å². The number of unbranched alkanes of at least 4 members (excludes halogenated alkanes) is 8. The zero-order valence-electron chi connectivity index (χ0n) is 19.9. The Bertz CT molecular complexity index is 325. The van der Waals surface area contributed by atoms with Crippen LogP contribution in [0, 0.1) is 0 Å². The average Bonchev–Trinajstić information content (AvgIpc) is 2.78. The maximum absolute atomic E-state index is 10.0. The Labute approximate surface area is 192 Å². The van der Waals surface area contributed by atoms with Gasteiger partial charge >= 0.3 is 11.9 Å². The fourth-order valence-corrected chi connectivity index (χ4v) is 1.88. The Hall–Kier alpha value is -1.30. The van der Waals surface area contributed by atoms with E-state index in [9.17, 15) is 9.59 Å². The lowest BCUT2D eigenvalue weighted by atomic mass is 10.1. The van der Waals surface area contributed by atoms with Crippen LogP contribution in [-0.2, 0) is 9.59 Å². The van der Waals surface area contributed by atoms with Gasteiger partial charge in [0.15, 0.2) is 0 Å². The number of carboxylic acid groups (broad SMARTS) is 2. The van der Waals surface area contributed by atoms with Crippen molar-refractivity contribution < 1.29 is 50.4 Å². The highest BCUT2D eigenvalue weighted by atomic mass is 16.4. The Morgan fingerprint density at radius 2 is 0.781 bits per heavy atom. The van der Waals surface area contributed by atoms with Crippen LogP contribution in [0.1, 0.15) is 90.9 Å². The molecule has 0 aromatic carbocycles. The molecule has 0 aliphatic rings. The molecule has 0 aliphatic carbocycles. The van der Waals surface area contributed by atoms with E-state index in [0.717, 1.165) is 25.7 Å². The summed E-state index contributed by atoms with van der Waals surface area (Å²) in [7, 11) is 0. The van der Waals surface area contributed by atoms with Crippen molar-refractivity contribution in [1.29, 1.82) is 0 Å². The molecule has 196 valence electrons. The summed E-state index contributed by atoms with van der Waals surface area (Å²) in [6.45, 7) is 2.84. The number of hydrogen-bond donors (Lipinski definition) is 8. The van der Waals surface area contributed by atoms with E-state index in [0.29, 0.717) is 12.8 Å². The first-order valence-corrected chi connectivity index (χ1v) is 11.4. The molecule has 0 heterocycles. The zero-order chi connectivity index (χ0) is 25.6. The third-order valence-corrected chi connectivity index (χ3v) is 3.83. The molecule has 0 amide bonds. The van der Waals surface area contributed by atoms with Crippen molar-refractivity contribution in [2.45, 2.75) is 103 Å². The van der Waals surface area contributed by atoms with Gasteiger partial charge < -0.3 is 40.9 Å². The molecule has 32 heavy (non-hydrogen) atoms. The van der Waals surface area contributed by atoms with Gasteiger partial charge in [-0.15, -0.1) is 0 Å². The lowest BCUT2D eigenvalue weighted by molar-refractivity contribution is -0.138. The van der Waals surface area contributed by atoms with Crippen LogP contribution in [0.2, 0.25) is 0 Å². The summed E-state index contributed by atoms with van der Waals surface area (Å²) in [5.41, 5.74) is 0. The smallest absolute Gasteiger partial charge is 0.303 e. The van der Waals surface area contributed by atoms with Crippen molar-refractivity contribution in [3.05, 3.63) is 0 Å². The predicted molar refractivity (Wildman–Crippen MR) is 122 cm³/mol. The van der Waals surface area contributed by atoms with E-state index >= 15 is 0 Å². The number of carboxylic acids is 2.